The van der Waals surface area contributed by atoms with Gasteiger partial charge in [-0.2, -0.15) is 0 Å². The Labute approximate surface area is 196 Å². The normalized spacial score (nSPS) is 16.6. The average molecular weight is 550 g/mol. The van der Waals surface area contributed by atoms with Crippen LogP contribution in [0.25, 0.3) is 5.00 Å². The van der Waals surface area contributed by atoms with Gasteiger partial charge in [-0.05, 0) is 0 Å². The number of halogens is 2. The number of nitrogens with zero attached hydrogens (tertiary/aromatic N) is 4. The number of hydrogen-bond acceptors (Lipinski definition) is 5. The summed E-state index contributed by atoms with van der Waals surface area (Å²) >= 11 is 6.81. The average Bonchev–Trinajstić information content (AvgIpc) is 3.20. The maximum absolute atomic E-state index is 12.8. The molecule has 5 nitrogen and oxygen atoms in total. The van der Waals surface area contributed by atoms with Crippen molar-refractivity contribution in [3.63, 3.8) is 0 Å². The van der Waals surface area contributed by atoms with Crippen LogP contribution >= 0.6 is 22.9 Å². The minimum absolute atomic E-state index is 0.0888. The van der Waals surface area contributed by atoms with Gasteiger partial charge in [0, 0.05) is 0 Å². The summed E-state index contributed by atoms with van der Waals surface area (Å²) in [6.07, 6.45) is 0.648. The fourth-order valence-corrected chi connectivity index (χ4v) is 6.40. The van der Waals surface area contributed by atoms with Crippen LogP contribution < -0.4 is 21.0 Å². The molecule has 2 radical (unpaired) electrons. The van der Waals surface area contributed by atoms with Crippen molar-refractivity contribution in [2.75, 3.05) is 0 Å². The predicted molar refractivity (Wildman–Crippen MR) is 118 cm³/mol. The van der Waals surface area contributed by atoms with Gasteiger partial charge in [-0.3, -0.25) is 0 Å². The molecule has 0 fully saturated rings. The molecule has 0 bridgehead atoms. The van der Waals surface area contributed by atoms with E-state index < -0.39 is 27.0 Å². The molecule has 0 aliphatic carbocycles. The van der Waals surface area contributed by atoms with E-state index in [1.54, 1.807) is 11.3 Å². The predicted octanol–water partition coefficient (Wildman–Crippen LogP) is 1.52. The van der Waals surface area contributed by atoms with Crippen molar-refractivity contribution < 1.29 is 25.8 Å². The molecule has 2 aromatic heterocycles. The second-order valence-electron chi connectivity index (χ2n) is 7.26. The van der Waals surface area contributed by atoms with E-state index in [4.69, 9.17) is 22.3 Å². The molecule has 2 atom stereocenters. The molecule has 1 aliphatic heterocycles. The van der Waals surface area contributed by atoms with Crippen LogP contribution in [0.15, 0.2) is 29.3 Å². The van der Waals surface area contributed by atoms with E-state index in [1.165, 1.54) is 10.4 Å². The van der Waals surface area contributed by atoms with Crippen LogP contribution in [0.5, 0.6) is 0 Å². The van der Waals surface area contributed by atoms with Crippen LogP contribution in [0.2, 0.25) is 5.02 Å². The molecule has 3 aromatic rings. The van der Waals surface area contributed by atoms with Gasteiger partial charge in [0.2, 0.25) is 0 Å². The fourth-order valence-electron chi connectivity index (χ4n) is 3.81. The zero-order chi connectivity index (χ0) is 21.6. The number of aryl methyl sites for hydroxylation is 2. The number of fused-ring (bicyclic) bond motifs is 3. The van der Waals surface area contributed by atoms with Crippen molar-refractivity contribution in [3.8, 4) is 5.00 Å². The van der Waals surface area contributed by atoms with E-state index in [1.807, 2.05) is 38.1 Å². The molecule has 0 saturated carbocycles. The molecule has 9 heteroatoms. The van der Waals surface area contributed by atoms with Gasteiger partial charge in [-0.1, -0.05) is 0 Å². The number of hydrogen-bond donors (Lipinski definition) is 0. The quantitative estimate of drug-likeness (QED) is 0.276. The first kappa shape index (κ1) is 21.7. The zero-order valence-electron chi connectivity index (χ0n) is 17.1. The van der Waals surface area contributed by atoms with Crippen molar-refractivity contribution in [3.05, 3.63) is 62.5 Å². The SMILES string of the molecule is [B][I-]C(=O)C(CC)C1N=C(c2ccc(Cl)cc2)c2c(sc(C)c2C)-n2c(C)nnc21. The molecule has 0 saturated heterocycles. The van der Waals surface area contributed by atoms with Crippen LogP contribution in [-0.2, 0) is 4.79 Å². The Hall–Kier alpha value is -1.52. The van der Waals surface area contributed by atoms with Gasteiger partial charge in [-0.25, -0.2) is 0 Å². The summed E-state index contributed by atoms with van der Waals surface area (Å²) in [5.74, 6) is 1.18. The third-order valence-electron chi connectivity index (χ3n) is 5.53. The van der Waals surface area contributed by atoms with Gasteiger partial charge in [0.05, 0.1) is 0 Å². The number of aromatic nitrogens is 3. The molecule has 3 heterocycles. The maximum atomic E-state index is 12.8. The van der Waals surface area contributed by atoms with Crippen LogP contribution in [0.1, 0.15) is 52.6 Å². The number of thiophene rings is 1. The Bertz CT molecular complexity index is 1150. The van der Waals surface area contributed by atoms with E-state index in [-0.39, 0.29) is 9.71 Å². The molecule has 0 amide bonds. The molecule has 154 valence electrons. The van der Waals surface area contributed by atoms with Gasteiger partial charge in [0.25, 0.3) is 0 Å². The first-order valence-corrected chi connectivity index (χ1v) is 13.1. The summed E-state index contributed by atoms with van der Waals surface area (Å²) in [5, 5.41) is 10.5. The first-order chi connectivity index (χ1) is 14.4. The van der Waals surface area contributed by atoms with Gasteiger partial charge in [0.15, 0.2) is 0 Å². The monoisotopic (exact) mass is 549 g/mol. The number of aliphatic imine (C=N–C) groups is 1. The number of carbonyl (C=O) groups is 1. The summed E-state index contributed by atoms with van der Waals surface area (Å²) in [6.45, 7) is 8.17. The molecule has 1 aromatic carbocycles. The molecule has 1 aliphatic rings. The molecule has 0 spiro atoms. The summed E-state index contributed by atoms with van der Waals surface area (Å²) in [4.78, 5) is 19.2. The minimum atomic E-state index is -1.04. The number of carbonyl (C=O) groups excluding carboxylic acids is 1. The summed E-state index contributed by atoms with van der Waals surface area (Å²) < 4.78 is 2.16. The third kappa shape index (κ3) is 3.56. The van der Waals surface area contributed by atoms with E-state index in [0.29, 0.717) is 17.3 Å². The number of benzene rings is 1. The third-order valence-corrected chi connectivity index (χ3v) is 8.39. The summed E-state index contributed by atoms with van der Waals surface area (Å²) in [6, 6.07) is 7.26. The first-order valence-electron chi connectivity index (χ1n) is 9.61. The topological polar surface area (TPSA) is 60.1 Å². The molecule has 2 unspecified atom stereocenters. The van der Waals surface area contributed by atoms with Gasteiger partial charge < -0.3 is 0 Å². The summed E-state index contributed by atoms with van der Waals surface area (Å²) in [5.41, 5.74) is 9.91. The van der Waals surface area contributed by atoms with Crippen molar-refractivity contribution in [2.24, 2.45) is 10.9 Å². The van der Waals surface area contributed by atoms with Gasteiger partial charge in [-0.15, -0.1) is 0 Å². The van der Waals surface area contributed by atoms with Crippen molar-refractivity contribution >= 4 is 38.1 Å². The van der Waals surface area contributed by atoms with E-state index in [9.17, 15) is 4.79 Å². The molecular formula is C21H20BClIN4OS-. The van der Waals surface area contributed by atoms with Crippen LogP contribution in [0.3, 0.4) is 0 Å². The molecular weight excluding hydrogens is 529 g/mol. The van der Waals surface area contributed by atoms with Crippen molar-refractivity contribution in [2.45, 2.75) is 40.2 Å². The van der Waals surface area contributed by atoms with Crippen LogP contribution in [-0.4, -0.2) is 30.0 Å². The fraction of sp³-hybridized carbons (Fsp3) is 0.333. The van der Waals surface area contributed by atoms with Gasteiger partial charge >= 0.3 is 197 Å². The Morgan fingerprint density at radius 2 is 1.97 bits per heavy atom. The molecule has 4 rings (SSSR count). The standard InChI is InChI=1S/C21H20BClIN4OS/c1-5-15(19(29)24-22)18-20-27-26-12(4)28(20)21-16(10(2)11(3)30-21)17(25-18)13-6-8-14(23)9-7-13/h6-9,15,18H,5H2,1-4H3/q-1. The Morgan fingerprint density at radius 3 is 2.60 bits per heavy atom. The second kappa shape index (κ2) is 8.55. The van der Waals surface area contributed by atoms with Crippen molar-refractivity contribution in [1.29, 1.82) is 0 Å². The van der Waals surface area contributed by atoms with Crippen LogP contribution in [0, 0.1) is 26.7 Å². The summed E-state index contributed by atoms with van der Waals surface area (Å²) in [7, 11) is 0. The van der Waals surface area contributed by atoms with E-state index in [0.717, 1.165) is 27.7 Å². The van der Waals surface area contributed by atoms with Crippen LogP contribution in [0.4, 0.5) is 0 Å². The Balaban J connectivity index is 2.05. The Morgan fingerprint density at radius 1 is 1.27 bits per heavy atom. The van der Waals surface area contributed by atoms with E-state index in [2.05, 4.69) is 28.6 Å². The Kier molecular flexibility index (Phi) is 6.19. The molecule has 30 heavy (non-hydrogen) atoms. The van der Waals surface area contributed by atoms with Crippen molar-refractivity contribution in [1.82, 2.24) is 14.8 Å². The van der Waals surface area contributed by atoms with Gasteiger partial charge in [0.1, 0.15) is 0 Å². The van der Waals surface area contributed by atoms with E-state index >= 15 is 0 Å². The second-order valence-corrected chi connectivity index (χ2v) is 10.6. The number of rotatable bonds is 5. The zero-order valence-corrected chi connectivity index (χ0v) is 20.8. The molecule has 0 N–H and O–H groups in total.